The van der Waals surface area contributed by atoms with Gasteiger partial charge < -0.3 is 5.11 Å². The smallest absolute Gasteiger partial charge is 0.129 e. The van der Waals surface area contributed by atoms with E-state index in [1.54, 1.807) is 11.8 Å². The van der Waals surface area contributed by atoms with E-state index in [0.717, 1.165) is 19.3 Å². The monoisotopic (exact) mass is 306 g/mol. The van der Waals surface area contributed by atoms with Crippen molar-refractivity contribution in [1.82, 2.24) is 0 Å². The summed E-state index contributed by atoms with van der Waals surface area (Å²) < 4.78 is 0. The summed E-state index contributed by atoms with van der Waals surface area (Å²) >= 11 is 1.75. The number of hydrogen-bond acceptors (Lipinski definition) is 2. The van der Waals surface area contributed by atoms with E-state index in [9.17, 15) is 5.11 Å². The molecular weight excluding hydrogens is 280 g/mol. The van der Waals surface area contributed by atoms with Gasteiger partial charge in [0.25, 0.3) is 0 Å². The Labute approximate surface area is 129 Å². The van der Waals surface area contributed by atoms with Crippen molar-refractivity contribution in [2.24, 2.45) is 0 Å². The molecule has 0 spiro atoms. The molecular formula is C17H26OSSi. The predicted molar refractivity (Wildman–Crippen MR) is 92.7 cm³/mol. The van der Waals surface area contributed by atoms with Gasteiger partial charge in [-0.25, -0.2) is 0 Å². The lowest BCUT2D eigenvalue weighted by atomic mass is 10.1. The molecule has 0 saturated heterocycles. The molecule has 1 aromatic rings. The third-order valence-electron chi connectivity index (χ3n) is 2.81. The van der Waals surface area contributed by atoms with E-state index < -0.39 is 8.07 Å². The standard InChI is InChI=1S/C17H26OSSi/c1-5-10-16(18)17(13-9-14-20(2,3)4)19-15-11-7-6-8-12-15/h6-8,11-12,16-18H,5,10,13H2,1-4H3/t16-,17+/m1/s1. The first-order valence-electron chi connectivity index (χ1n) is 7.32. The largest absolute Gasteiger partial charge is 0.392 e. The molecule has 110 valence electrons. The summed E-state index contributed by atoms with van der Waals surface area (Å²) in [6.07, 6.45) is 2.35. The summed E-state index contributed by atoms with van der Waals surface area (Å²) in [6, 6.07) is 10.3. The second-order valence-corrected chi connectivity index (χ2v) is 12.1. The van der Waals surface area contributed by atoms with Gasteiger partial charge in [-0.15, -0.1) is 23.2 Å². The van der Waals surface area contributed by atoms with E-state index in [-0.39, 0.29) is 11.4 Å². The van der Waals surface area contributed by atoms with Crippen LogP contribution in [0.5, 0.6) is 0 Å². The number of hydrogen-bond donors (Lipinski definition) is 1. The third kappa shape index (κ3) is 7.19. The Morgan fingerprint density at radius 3 is 2.40 bits per heavy atom. The Bertz CT molecular complexity index is 442. The molecule has 20 heavy (non-hydrogen) atoms. The summed E-state index contributed by atoms with van der Waals surface area (Å²) in [4.78, 5) is 1.21. The second-order valence-electron chi connectivity index (χ2n) is 6.08. The first kappa shape index (κ1) is 17.4. The van der Waals surface area contributed by atoms with E-state index >= 15 is 0 Å². The van der Waals surface area contributed by atoms with E-state index in [1.165, 1.54) is 4.90 Å². The van der Waals surface area contributed by atoms with Gasteiger partial charge >= 0.3 is 0 Å². The maximum Gasteiger partial charge on any atom is 0.129 e. The molecule has 0 radical (unpaired) electrons. The van der Waals surface area contributed by atoms with Crippen LogP contribution in [-0.2, 0) is 0 Å². The van der Waals surface area contributed by atoms with Crippen LogP contribution in [-0.4, -0.2) is 24.5 Å². The van der Waals surface area contributed by atoms with Crippen LogP contribution >= 0.6 is 11.8 Å². The zero-order valence-corrected chi connectivity index (χ0v) is 14.8. The Kier molecular flexibility index (Phi) is 7.43. The lowest BCUT2D eigenvalue weighted by Crippen LogP contribution is -2.23. The van der Waals surface area contributed by atoms with Gasteiger partial charge in [0.15, 0.2) is 0 Å². The lowest BCUT2D eigenvalue weighted by molar-refractivity contribution is 0.161. The molecule has 0 saturated carbocycles. The number of benzene rings is 1. The molecule has 2 atom stereocenters. The zero-order valence-electron chi connectivity index (χ0n) is 13.0. The van der Waals surface area contributed by atoms with Crippen molar-refractivity contribution >= 4 is 19.8 Å². The van der Waals surface area contributed by atoms with Crippen molar-refractivity contribution in [3.8, 4) is 11.5 Å². The predicted octanol–water partition coefficient (Wildman–Crippen LogP) is 4.58. The molecule has 0 unspecified atom stereocenters. The van der Waals surface area contributed by atoms with Gasteiger partial charge in [0.1, 0.15) is 8.07 Å². The fourth-order valence-corrected chi connectivity index (χ4v) is 3.58. The summed E-state index contributed by atoms with van der Waals surface area (Å²) in [7, 11) is -1.32. The molecule has 1 N–H and O–H groups in total. The first-order chi connectivity index (χ1) is 9.42. The van der Waals surface area contributed by atoms with Crippen LogP contribution in [0.4, 0.5) is 0 Å². The molecule has 3 heteroatoms. The van der Waals surface area contributed by atoms with Crippen LogP contribution in [0.1, 0.15) is 26.2 Å². The SMILES string of the molecule is CCC[C@@H](O)[C@H](CC#C[Si](C)(C)C)Sc1ccccc1. The highest BCUT2D eigenvalue weighted by Gasteiger charge is 2.19. The van der Waals surface area contributed by atoms with E-state index in [4.69, 9.17) is 0 Å². The summed E-state index contributed by atoms with van der Waals surface area (Å²) in [5.74, 6) is 3.32. The maximum absolute atomic E-state index is 10.3. The van der Waals surface area contributed by atoms with Gasteiger partial charge in [0.05, 0.1) is 6.10 Å². The van der Waals surface area contributed by atoms with Crippen LogP contribution < -0.4 is 0 Å². The first-order valence-corrected chi connectivity index (χ1v) is 11.7. The minimum Gasteiger partial charge on any atom is -0.392 e. The van der Waals surface area contributed by atoms with Gasteiger partial charge in [-0.1, -0.05) is 51.2 Å². The fourth-order valence-electron chi connectivity index (χ4n) is 1.83. The minimum atomic E-state index is -1.32. The summed E-state index contributed by atoms with van der Waals surface area (Å²) in [6.45, 7) is 8.87. The van der Waals surface area contributed by atoms with Crippen molar-refractivity contribution in [3.05, 3.63) is 30.3 Å². The normalized spacial score (nSPS) is 14.2. The molecule has 1 nitrogen and oxygen atoms in total. The molecule has 0 bridgehead atoms. The highest BCUT2D eigenvalue weighted by atomic mass is 32.2. The van der Waals surface area contributed by atoms with Crippen molar-refractivity contribution in [2.45, 2.75) is 62.1 Å². The summed E-state index contributed by atoms with van der Waals surface area (Å²) in [5, 5.41) is 10.5. The molecule has 1 rings (SSSR count). The molecule has 0 heterocycles. The van der Waals surface area contributed by atoms with Crippen molar-refractivity contribution < 1.29 is 5.11 Å². The van der Waals surface area contributed by atoms with Gasteiger partial charge in [0.2, 0.25) is 0 Å². The molecule has 0 aliphatic heterocycles. The Balaban J connectivity index is 2.72. The molecule has 0 aliphatic carbocycles. The van der Waals surface area contributed by atoms with Gasteiger partial charge in [-0.2, -0.15) is 0 Å². The van der Waals surface area contributed by atoms with Crippen LogP contribution in [0.15, 0.2) is 35.2 Å². The quantitative estimate of drug-likeness (QED) is 0.471. The molecule has 0 amide bonds. The number of rotatable bonds is 6. The van der Waals surface area contributed by atoms with Gasteiger partial charge in [-0.05, 0) is 18.6 Å². The topological polar surface area (TPSA) is 20.2 Å². The van der Waals surface area contributed by atoms with Crippen LogP contribution in [0.2, 0.25) is 19.6 Å². The Hall–Kier alpha value is -0.693. The minimum absolute atomic E-state index is 0.168. The zero-order chi connectivity index (χ0) is 15.0. The summed E-state index contributed by atoms with van der Waals surface area (Å²) in [5.41, 5.74) is 3.40. The van der Waals surface area contributed by atoms with E-state index in [0.29, 0.717) is 0 Å². The third-order valence-corrected chi connectivity index (χ3v) is 5.07. The van der Waals surface area contributed by atoms with Crippen molar-refractivity contribution in [3.63, 3.8) is 0 Å². The number of aliphatic hydroxyl groups excluding tert-OH is 1. The number of aliphatic hydroxyl groups is 1. The lowest BCUT2D eigenvalue weighted by Gasteiger charge is -2.20. The van der Waals surface area contributed by atoms with E-state index in [1.807, 2.05) is 18.2 Å². The average molecular weight is 307 g/mol. The highest BCUT2D eigenvalue weighted by molar-refractivity contribution is 8.00. The molecule has 1 aromatic carbocycles. The van der Waals surface area contributed by atoms with Gasteiger partial charge in [0, 0.05) is 16.6 Å². The van der Waals surface area contributed by atoms with E-state index in [2.05, 4.69) is 50.2 Å². The van der Waals surface area contributed by atoms with Crippen LogP contribution in [0.3, 0.4) is 0 Å². The Morgan fingerprint density at radius 2 is 1.85 bits per heavy atom. The maximum atomic E-state index is 10.3. The van der Waals surface area contributed by atoms with Crippen LogP contribution in [0, 0.1) is 11.5 Å². The van der Waals surface area contributed by atoms with Crippen LogP contribution in [0.25, 0.3) is 0 Å². The molecule has 0 aromatic heterocycles. The van der Waals surface area contributed by atoms with Crippen molar-refractivity contribution in [2.75, 3.05) is 0 Å². The van der Waals surface area contributed by atoms with Gasteiger partial charge in [-0.3, -0.25) is 0 Å². The second kappa shape index (κ2) is 8.56. The number of thioether (sulfide) groups is 1. The molecule has 0 fully saturated rings. The Morgan fingerprint density at radius 1 is 1.20 bits per heavy atom. The fraction of sp³-hybridized carbons (Fsp3) is 0.529. The van der Waals surface area contributed by atoms with Crippen molar-refractivity contribution in [1.29, 1.82) is 0 Å². The molecule has 0 aliphatic rings. The highest BCUT2D eigenvalue weighted by Crippen LogP contribution is 2.28. The average Bonchev–Trinajstić information content (AvgIpc) is 2.37.